The Morgan fingerprint density at radius 3 is 2.52 bits per heavy atom. The first-order chi connectivity index (χ1) is 15.1. The molecule has 0 spiro atoms. The zero-order valence-electron chi connectivity index (χ0n) is 17.2. The average molecular weight is 432 g/mol. The molecule has 6 heteroatoms. The highest BCUT2D eigenvalue weighted by Gasteiger charge is 2.18. The van der Waals surface area contributed by atoms with Crippen LogP contribution < -0.4 is 0 Å². The molecule has 0 atom stereocenters. The van der Waals surface area contributed by atoms with Crippen molar-refractivity contribution in [1.29, 1.82) is 0 Å². The molecule has 0 aliphatic heterocycles. The van der Waals surface area contributed by atoms with E-state index in [1.54, 1.807) is 12.1 Å². The average Bonchev–Trinajstić information content (AvgIpc) is 3.26. The predicted molar refractivity (Wildman–Crippen MR) is 121 cm³/mol. The second-order valence-electron chi connectivity index (χ2n) is 7.35. The number of carbonyl (C=O) groups is 1. The van der Waals surface area contributed by atoms with Gasteiger partial charge in [0.05, 0.1) is 0 Å². The molecule has 0 bridgehead atoms. The SMILES string of the molecule is Cc1ccc(C(=O)N(CCc2nc(-c3cccc(Cl)c3)no2)Cc2ccccc2)cc1. The number of hydrogen-bond donors (Lipinski definition) is 0. The Balaban J connectivity index is 1.50. The van der Waals surface area contributed by atoms with Crippen LogP contribution in [0.2, 0.25) is 5.02 Å². The Morgan fingerprint density at radius 2 is 1.77 bits per heavy atom. The van der Waals surface area contributed by atoms with Crippen LogP contribution in [-0.2, 0) is 13.0 Å². The van der Waals surface area contributed by atoms with Crippen LogP contribution in [0, 0.1) is 6.92 Å². The Hall–Kier alpha value is -3.44. The van der Waals surface area contributed by atoms with Crippen LogP contribution in [0.25, 0.3) is 11.4 Å². The first-order valence-corrected chi connectivity index (χ1v) is 10.4. The Morgan fingerprint density at radius 1 is 1.00 bits per heavy atom. The molecule has 0 aliphatic carbocycles. The van der Waals surface area contributed by atoms with Gasteiger partial charge in [0, 0.05) is 35.7 Å². The van der Waals surface area contributed by atoms with Crippen LogP contribution in [0.5, 0.6) is 0 Å². The third-order valence-corrected chi connectivity index (χ3v) is 5.18. The van der Waals surface area contributed by atoms with Crippen molar-refractivity contribution in [1.82, 2.24) is 15.0 Å². The number of rotatable bonds is 7. The summed E-state index contributed by atoms with van der Waals surface area (Å²) in [6.07, 6.45) is 0.456. The second kappa shape index (κ2) is 9.58. The largest absolute Gasteiger partial charge is 0.339 e. The van der Waals surface area contributed by atoms with Gasteiger partial charge in [-0.25, -0.2) is 0 Å². The molecule has 31 heavy (non-hydrogen) atoms. The lowest BCUT2D eigenvalue weighted by Gasteiger charge is -2.22. The van der Waals surface area contributed by atoms with Crippen LogP contribution in [0.1, 0.15) is 27.4 Å². The maximum absolute atomic E-state index is 13.2. The van der Waals surface area contributed by atoms with Crippen LogP contribution in [0.15, 0.2) is 83.4 Å². The van der Waals surface area contributed by atoms with Crippen molar-refractivity contribution >= 4 is 17.5 Å². The molecule has 1 amide bonds. The molecule has 5 nitrogen and oxygen atoms in total. The zero-order valence-corrected chi connectivity index (χ0v) is 17.9. The lowest BCUT2D eigenvalue weighted by molar-refractivity contribution is 0.0741. The first kappa shape index (κ1) is 20.8. The first-order valence-electron chi connectivity index (χ1n) is 10.1. The van der Waals surface area contributed by atoms with Gasteiger partial charge in [0.1, 0.15) is 0 Å². The van der Waals surface area contributed by atoms with Crippen molar-refractivity contribution in [2.24, 2.45) is 0 Å². The summed E-state index contributed by atoms with van der Waals surface area (Å²) in [4.78, 5) is 19.5. The number of hydrogen-bond acceptors (Lipinski definition) is 4. The van der Waals surface area contributed by atoms with Crippen molar-refractivity contribution < 1.29 is 9.32 Å². The fourth-order valence-electron chi connectivity index (χ4n) is 3.27. The van der Waals surface area contributed by atoms with E-state index in [2.05, 4.69) is 10.1 Å². The summed E-state index contributed by atoms with van der Waals surface area (Å²) in [7, 11) is 0. The lowest BCUT2D eigenvalue weighted by Crippen LogP contribution is -2.32. The van der Waals surface area contributed by atoms with E-state index in [1.165, 1.54) is 0 Å². The van der Waals surface area contributed by atoms with Crippen LogP contribution >= 0.6 is 11.6 Å². The summed E-state index contributed by atoms with van der Waals surface area (Å²) in [6, 6.07) is 24.9. The minimum atomic E-state index is -0.0292. The molecular formula is C25H22ClN3O2. The van der Waals surface area contributed by atoms with Crippen molar-refractivity contribution in [3.63, 3.8) is 0 Å². The molecule has 0 saturated heterocycles. The van der Waals surface area contributed by atoms with Crippen LogP contribution in [0.4, 0.5) is 0 Å². The van der Waals surface area contributed by atoms with Crippen molar-refractivity contribution in [3.8, 4) is 11.4 Å². The van der Waals surface area contributed by atoms with Gasteiger partial charge in [0.25, 0.3) is 5.91 Å². The van der Waals surface area contributed by atoms with Crippen LogP contribution in [-0.4, -0.2) is 27.5 Å². The molecule has 0 radical (unpaired) electrons. The van der Waals surface area contributed by atoms with Gasteiger partial charge < -0.3 is 9.42 Å². The zero-order chi connectivity index (χ0) is 21.6. The molecule has 1 heterocycles. The molecular weight excluding hydrogens is 410 g/mol. The molecule has 0 N–H and O–H groups in total. The van der Waals surface area contributed by atoms with Crippen molar-refractivity contribution in [3.05, 3.63) is 106 Å². The highest BCUT2D eigenvalue weighted by molar-refractivity contribution is 6.30. The minimum absolute atomic E-state index is 0.0292. The smallest absolute Gasteiger partial charge is 0.254 e. The van der Waals surface area contributed by atoms with E-state index in [-0.39, 0.29) is 5.91 Å². The molecule has 0 aliphatic rings. The van der Waals surface area contributed by atoms with E-state index in [0.29, 0.717) is 41.8 Å². The van der Waals surface area contributed by atoms with Gasteiger partial charge in [0.15, 0.2) is 0 Å². The lowest BCUT2D eigenvalue weighted by atomic mass is 10.1. The van der Waals surface area contributed by atoms with Gasteiger partial charge in [-0.2, -0.15) is 4.98 Å². The monoisotopic (exact) mass is 431 g/mol. The molecule has 4 aromatic rings. The number of amides is 1. The molecule has 0 saturated carbocycles. The van der Waals surface area contributed by atoms with E-state index in [1.807, 2.05) is 78.6 Å². The topological polar surface area (TPSA) is 59.2 Å². The molecule has 156 valence electrons. The molecule has 3 aromatic carbocycles. The Kier molecular flexibility index (Phi) is 6.43. The highest BCUT2D eigenvalue weighted by Crippen LogP contribution is 2.20. The summed E-state index contributed by atoms with van der Waals surface area (Å²) in [5.41, 5.74) is 3.63. The van der Waals surface area contributed by atoms with Crippen LogP contribution in [0.3, 0.4) is 0 Å². The summed E-state index contributed by atoms with van der Waals surface area (Å²) in [5, 5.41) is 4.67. The van der Waals surface area contributed by atoms with Gasteiger partial charge >= 0.3 is 0 Å². The quantitative estimate of drug-likeness (QED) is 0.383. The molecule has 4 rings (SSSR count). The highest BCUT2D eigenvalue weighted by atomic mass is 35.5. The third kappa shape index (κ3) is 5.38. The summed E-state index contributed by atoms with van der Waals surface area (Å²) < 4.78 is 5.42. The van der Waals surface area contributed by atoms with E-state index >= 15 is 0 Å². The number of nitrogens with zero attached hydrogens (tertiary/aromatic N) is 3. The summed E-state index contributed by atoms with van der Waals surface area (Å²) in [5.74, 6) is 0.931. The van der Waals surface area contributed by atoms with E-state index < -0.39 is 0 Å². The second-order valence-corrected chi connectivity index (χ2v) is 7.79. The maximum atomic E-state index is 13.2. The molecule has 0 fully saturated rings. The number of aromatic nitrogens is 2. The van der Waals surface area contributed by atoms with Gasteiger partial charge in [-0.05, 0) is 36.8 Å². The van der Waals surface area contributed by atoms with Gasteiger partial charge in [-0.3, -0.25) is 4.79 Å². The van der Waals surface area contributed by atoms with Crippen molar-refractivity contribution in [2.75, 3.05) is 6.54 Å². The fourth-order valence-corrected chi connectivity index (χ4v) is 3.46. The Bertz CT molecular complexity index is 1160. The van der Waals surface area contributed by atoms with E-state index in [4.69, 9.17) is 16.1 Å². The fraction of sp³-hybridized carbons (Fsp3) is 0.160. The molecule has 0 unspecified atom stereocenters. The third-order valence-electron chi connectivity index (χ3n) is 4.95. The number of carbonyl (C=O) groups excluding carboxylic acids is 1. The van der Waals surface area contributed by atoms with Gasteiger partial charge in [0.2, 0.25) is 11.7 Å². The van der Waals surface area contributed by atoms with E-state index in [9.17, 15) is 4.79 Å². The summed E-state index contributed by atoms with van der Waals surface area (Å²) in [6.45, 7) is 2.96. The van der Waals surface area contributed by atoms with Gasteiger partial charge in [-0.1, -0.05) is 76.9 Å². The normalized spacial score (nSPS) is 10.8. The predicted octanol–water partition coefficient (Wildman–Crippen LogP) is 5.58. The molecule has 1 aromatic heterocycles. The maximum Gasteiger partial charge on any atom is 0.254 e. The number of benzene rings is 3. The Labute approximate surface area is 186 Å². The number of aryl methyl sites for hydroxylation is 1. The minimum Gasteiger partial charge on any atom is -0.339 e. The van der Waals surface area contributed by atoms with Gasteiger partial charge in [-0.15, -0.1) is 0 Å². The summed E-state index contributed by atoms with van der Waals surface area (Å²) >= 11 is 6.05. The standard InChI is InChI=1S/C25H22ClN3O2/c1-18-10-12-20(13-11-18)25(30)29(17-19-6-3-2-4-7-19)15-14-23-27-24(28-31-23)21-8-5-9-22(26)16-21/h2-13,16H,14-15,17H2,1H3. The van der Waals surface area contributed by atoms with E-state index in [0.717, 1.165) is 16.7 Å². The number of halogens is 1. The van der Waals surface area contributed by atoms with Crippen molar-refractivity contribution in [2.45, 2.75) is 19.9 Å².